The normalized spacial score (nSPS) is 10.7. The van der Waals surface area contributed by atoms with Gasteiger partial charge in [-0.2, -0.15) is 0 Å². The number of hydrogen-bond acceptors (Lipinski definition) is 2. The van der Waals surface area contributed by atoms with Crippen LogP contribution in [0, 0.1) is 5.82 Å². The first-order valence-electron chi connectivity index (χ1n) is 6.80. The monoisotopic (exact) mass is 292 g/mol. The Morgan fingerprint density at radius 2 is 2.10 bits per heavy atom. The number of H-pyrrole nitrogens is 1. The fourth-order valence-electron chi connectivity index (χ4n) is 2.17. The van der Waals surface area contributed by atoms with Crippen LogP contribution in [0.3, 0.4) is 0 Å². The molecule has 0 aliphatic rings. The van der Waals surface area contributed by atoms with Gasteiger partial charge in [0.1, 0.15) is 5.82 Å². The lowest BCUT2D eigenvalue weighted by Gasteiger charge is -2.04. The van der Waals surface area contributed by atoms with E-state index in [0.29, 0.717) is 24.9 Å². The number of rotatable bonds is 7. The molecule has 0 fully saturated rings. The second-order valence-electron chi connectivity index (χ2n) is 4.88. The lowest BCUT2D eigenvalue weighted by molar-refractivity contribution is -0.137. The summed E-state index contributed by atoms with van der Waals surface area (Å²) in [6, 6.07) is 4.41. The molecule has 1 aromatic heterocycles. The summed E-state index contributed by atoms with van der Waals surface area (Å²) in [5, 5.41) is 12.1. The molecule has 0 bridgehead atoms. The van der Waals surface area contributed by atoms with Crippen LogP contribution in [0.4, 0.5) is 4.39 Å². The topological polar surface area (TPSA) is 82.2 Å². The van der Waals surface area contributed by atoms with Gasteiger partial charge in [0, 0.05) is 30.1 Å². The molecule has 0 saturated carbocycles. The first-order chi connectivity index (χ1) is 10.1. The first-order valence-corrected chi connectivity index (χ1v) is 6.80. The molecule has 6 heteroatoms. The van der Waals surface area contributed by atoms with E-state index in [-0.39, 0.29) is 24.6 Å². The van der Waals surface area contributed by atoms with Crippen LogP contribution in [-0.4, -0.2) is 28.5 Å². The van der Waals surface area contributed by atoms with E-state index in [0.717, 1.165) is 10.9 Å². The minimum atomic E-state index is -0.827. The minimum Gasteiger partial charge on any atom is -0.481 e. The molecule has 0 saturated heterocycles. The summed E-state index contributed by atoms with van der Waals surface area (Å²) < 4.78 is 13.1. The number of aromatic nitrogens is 1. The van der Waals surface area contributed by atoms with Gasteiger partial charge in [0.15, 0.2) is 0 Å². The average Bonchev–Trinajstić information content (AvgIpc) is 2.80. The highest BCUT2D eigenvalue weighted by molar-refractivity contribution is 5.88. The third-order valence-electron chi connectivity index (χ3n) is 3.22. The maximum absolute atomic E-state index is 13.1. The van der Waals surface area contributed by atoms with Gasteiger partial charge in [0.05, 0.1) is 6.42 Å². The van der Waals surface area contributed by atoms with E-state index in [1.165, 1.54) is 12.1 Å². The van der Waals surface area contributed by atoms with Gasteiger partial charge in [-0.05, 0) is 36.6 Å². The molecule has 0 aliphatic carbocycles. The van der Waals surface area contributed by atoms with E-state index in [1.54, 1.807) is 12.3 Å². The number of carboxylic acids is 1. The summed E-state index contributed by atoms with van der Waals surface area (Å²) in [7, 11) is 0. The van der Waals surface area contributed by atoms with E-state index >= 15 is 0 Å². The molecule has 0 atom stereocenters. The predicted molar refractivity (Wildman–Crippen MR) is 76.5 cm³/mol. The van der Waals surface area contributed by atoms with Gasteiger partial charge < -0.3 is 15.4 Å². The third-order valence-corrected chi connectivity index (χ3v) is 3.22. The molecule has 21 heavy (non-hydrogen) atoms. The van der Waals surface area contributed by atoms with Gasteiger partial charge in [-0.3, -0.25) is 9.59 Å². The van der Waals surface area contributed by atoms with E-state index < -0.39 is 5.97 Å². The second kappa shape index (κ2) is 6.88. The highest BCUT2D eigenvalue weighted by Gasteiger charge is 2.09. The number of benzene rings is 1. The molecule has 2 aromatic rings. The highest BCUT2D eigenvalue weighted by Crippen LogP contribution is 2.19. The predicted octanol–water partition coefficient (Wildman–Crippen LogP) is 2.22. The number of carbonyl (C=O) groups is 2. The lowest BCUT2D eigenvalue weighted by Crippen LogP contribution is -2.26. The van der Waals surface area contributed by atoms with Crippen LogP contribution in [0.5, 0.6) is 0 Å². The maximum Gasteiger partial charge on any atom is 0.303 e. The van der Waals surface area contributed by atoms with Gasteiger partial charge in [-0.25, -0.2) is 4.39 Å². The van der Waals surface area contributed by atoms with Crippen LogP contribution in [0.25, 0.3) is 10.9 Å². The molecular weight excluding hydrogens is 275 g/mol. The highest BCUT2D eigenvalue weighted by atomic mass is 19.1. The van der Waals surface area contributed by atoms with Gasteiger partial charge >= 0.3 is 5.97 Å². The number of unbranched alkanes of at least 4 members (excludes halogenated alkanes) is 1. The van der Waals surface area contributed by atoms with Crippen molar-refractivity contribution in [3.8, 4) is 0 Å². The van der Waals surface area contributed by atoms with Crippen molar-refractivity contribution >= 4 is 22.8 Å². The van der Waals surface area contributed by atoms with Crippen LogP contribution in [0.2, 0.25) is 0 Å². The summed E-state index contributed by atoms with van der Waals surface area (Å²) in [6.07, 6.45) is 3.21. The zero-order chi connectivity index (χ0) is 15.2. The Kier molecular flexibility index (Phi) is 4.92. The van der Waals surface area contributed by atoms with Crippen LogP contribution >= 0.6 is 0 Å². The first kappa shape index (κ1) is 15.0. The summed E-state index contributed by atoms with van der Waals surface area (Å²) in [4.78, 5) is 25.1. The number of hydrogen-bond donors (Lipinski definition) is 3. The summed E-state index contributed by atoms with van der Waals surface area (Å²) >= 11 is 0. The summed E-state index contributed by atoms with van der Waals surface area (Å²) in [5.41, 5.74) is 1.48. The number of aromatic amines is 1. The van der Waals surface area contributed by atoms with Gasteiger partial charge in [-0.1, -0.05) is 0 Å². The number of halogens is 1. The molecule has 5 nitrogen and oxygen atoms in total. The quantitative estimate of drug-likeness (QED) is 0.684. The van der Waals surface area contributed by atoms with E-state index in [9.17, 15) is 14.0 Å². The molecule has 1 heterocycles. The number of amides is 1. The zero-order valence-electron chi connectivity index (χ0n) is 11.5. The van der Waals surface area contributed by atoms with Crippen molar-refractivity contribution in [2.24, 2.45) is 0 Å². The number of carboxylic acid groups (broad SMARTS) is 1. The average molecular weight is 292 g/mol. The van der Waals surface area contributed by atoms with Crippen molar-refractivity contribution in [2.75, 3.05) is 6.54 Å². The molecular formula is C15H17FN2O3. The number of carbonyl (C=O) groups excluding carboxylic acids is 1. The van der Waals surface area contributed by atoms with Crippen molar-refractivity contribution in [3.63, 3.8) is 0 Å². The summed E-state index contributed by atoms with van der Waals surface area (Å²) in [5.74, 6) is -1.28. The third kappa shape index (κ3) is 4.30. The van der Waals surface area contributed by atoms with E-state index in [4.69, 9.17) is 5.11 Å². The molecule has 0 spiro atoms. The van der Waals surface area contributed by atoms with Crippen LogP contribution in [-0.2, 0) is 16.0 Å². The Labute approximate surface area is 121 Å². The minimum absolute atomic E-state index is 0.115. The number of aliphatic carboxylic acids is 1. The van der Waals surface area contributed by atoms with Crippen molar-refractivity contribution < 1.29 is 19.1 Å². The molecule has 0 radical (unpaired) electrons. The van der Waals surface area contributed by atoms with Gasteiger partial charge in [0.2, 0.25) is 5.91 Å². The molecule has 112 valence electrons. The SMILES string of the molecule is O=C(O)CCCCNC(=O)Cc1c[nH]c2cc(F)ccc12. The Bertz CT molecular complexity index is 651. The molecule has 1 aromatic carbocycles. The van der Waals surface area contributed by atoms with Crippen LogP contribution in [0.15, 0.2) is 24.4 Å². The van der Waals surface area contributed by atoms with E-state index in [2.05, 4.69) is 10.3 Å². The largest absolute Gasteiger partial charge is 0.481 e. The number of nitrogens with one attached hydrogen (secondary N) is 2. The standard InChI is InChI=1S/C15H17FN2O3/c16-11-4-5-12-10(9-18-13(12)8-11)7-14(19)17-6-2-1-3-15(20)21/h4-5,8-9,18H,1-3,6-7H2,(H,17,19)(H,20,21). The Morgan fingerprint density at radius 1 is 1.29 bits per heavy atom. The Balaban J connectivity index is 1.83. The van der Waals surface area contributed by atoms with Crippen molar-refractivity contribution in [2.45, 2.75) is 25.7 Å². The van der Waals surface area contributed by atoms with Gasteiger partial charge in [0.25, 0.3) is 0 Å². The Hall–Kier alpha value is -2.37. The molecule has 2 rings (SSSR count). The lowest BCUT2D eigenvalue weighted by atomic mass is 10.1. The maximum atomic E-state index is 13.1. The zero-order valence-corrected chi connectivity index (χ0v) is 11.5. The molecule has 0 unspecified atom stereocenters. The fraction of sp³-hybridized carbons (Fsp3) is 0.333. The van der Waals surface area contributed by atoms with Crippen LogP contribution < -0.4 is 5.32 Å². The second-order valence-corrected chi connectivity index (χ2v) is 4.88. The van der Waals surface area contributed by atoms with Crippen LogP contribution in [0.1, 0.15) is 24.8 Å². The van der Waals surface area contributed by atoms with Crippen molar-refractivity contribution in [1.82, 2.24) is 10.3 Å². The van der Waals surface area contributed by atoms with Crippen molar-refractivity contribution in [1.29, 1.82) is 0 Å². The van der Waals surface area contributed by atoms with E-state index in [1.807, 2.05) is 0 Å². The molecule has 1 amide bonds. The summed E-state index contributed by atoms with van der Waals surface area (Å²) in [6.45, 7) is 0.461. The van der Waals surface area contributed by atoms with Crippen molar-refractivity contribution in [3.05, 3.63) is 35.8 Å². The molecule has 3 N–H and O–H groups in total. The fourth-order valence-corrected chi connectivity index (χ4v) is 2.17. The number of fused-ring (bicyclic) bond motifs is 1. The molecule has 0 aliphatic heterocycles. The smallest absolute Gasteiger partial charge is 0.303 e. The Morgan fingerprint density at radius 3 is 2.86 bits per heavy atom. The van der Waals surface area contributed by atoms with Gasteiger partial charge in [-0.15, -0.1) is 0 Å².